The maximum Gasteiger partial charge on any atom is 0.308 e. The van der Waals surface area contributed by atoms with Crippen LogP contribution in [0.25, 0.3) is 10.9 Å². The van der Waals surface area contributed by atoms with Gasteiger partial charge in [0.25, 0.3) is 0 Å². The molecular formula is C25H30N4O4S. The summed E-state index contributed by atoms with van der Waals surface area (Å²) >= 11 is 1.58. The Morgan fingerprint density at radius 3 is 2.82 bits per heavy atom. The summed E-state index contributed by atoms with van der Waals surface area (Å²) in [6, 6.07) is 9.23. The summed E-state index contributed by atoms with van der Waals surface area (Å²) in [7, 11) is 1.61. The molecule has 1 fully saturated rings. The molecule has 0 spiro atoms. The van der Waals surface area contributed by atoms with E-state index in [1.54, 1.807) is 43.5 Å². The van der Waals surface area contributed by atoms with E-state index in [-0.39, 0.29) is 5.92 Å². The van der Waals surface area contributed by atoms with E-state index in [0.717, 1.165) is 46.9 Å². The lowest BCUT2D eigenvalue weighted by Gasteiger charge is -2.36. The van der Waals surface area contributed by atoms with E-state index < -0.39 is 18.0 Å². The number of aliphatic hydroxyl groups excluding tert-OH is 1. The summed E-state index contributed by atoms with van der Waals surface area (Å²) in [6.45, 7) is 2.19. The van der Waals surface area contributed by atoms with Crippen molar-refractivity contribution in [3.8, 4) is 5.75 Å². The van der Waals surface area contributed by atoms with Crippen LogP contribution in [0.3, 0.4) is 0 Å². The van der Waals surface area contributed by atoms with Gasteiger partial charge < -0.3 is 19.8 Å². The molecule has 0 unspecified atom stereocenters. The van der Waals surface area contributed by atoms with E-state index in [4.69, 9.17) is 4.74 Å². The maximum atomic E-state index is 12.0. The van der Waals surface area contributed by atoms with Crippen LogP contribution in [0, 0.1) is 11.8 Å². The highest BCUT2D eigenvalue weighted by atomic mass is 32.2. The Morgan fingerprint density at radius 2 is 2.06 bits per heavy atom. The number of piperidine rings is 1. The Balaban J connectivity index is 1.34. The van der Waals surface area contributed by atoms with Gasteiger partial charge in [-0.15, -0.1) is 0 Å². The monoisotopic (exact) mass is 482 g/mol. The number of likely N-dealkylation sites (tertiary alicyclic amines) is 1. The van der Waals surface area contributed by atoms with Crippen molar-refractivity contribution < 1.29 is 19.7 Å². The number of hydrogen-bond donors (Lipinski definition) is 2. The first-order chi connectivity index (χ1) is 16.5. The molecular weight excluding hydrogens is 452 g/mol. The molecule has 1 aliphatic heterocycles. The second-order valence-corrected chi connectivity index (χ2v) is 9.61. The van der Waals surface area contributed by atoms with E-state index in [1.807, 2.05) is 24.3 Å². The number of rotatable bonds is 10. The van der Waals surface area contributed by atoms with Crippen LogP contribution in [-0.2, 0) is 4.79 Å². The predicted octanol–water partition coefficient (Wildman–Crippen LogP) is 3.66. The van der Waals surface area contributed by atoms with Crippen LogP contribution < -0.4 is 4.74 Å². The molecule has 0 saturated carbocycles. The minimum Gasteiger partial charge on any atom is -0.497 e. The van der Waals surface area contributed by atoms with Crippen LogP contribution in [0.5, 0.6) is 5.75 Å². The Morgan fingerprint density at radius 1 is 1.24 bits per heavy atom. The highest BCUT2D eigenvalue weighted by Gasteiger charge is 2.34. The lowest BCUT2D eigenvalue weighted by atomic mass is 9.81. The molecule has 3 atom stereocenters. The minimum absolute atomic E-state index is 0.0381. The summed E-state index contributed by atoms with van der Waals surface area (Å²) in [5.74, 6) is 0.370. The molecule has 34 heavy (non-hydrogen) atoms. The van der Waals surface area contributed by atoms with Gasteiger partial charge in [-0.3, -0.25) is 9.78 Å². The Kier molecular flexibility index (Phi) is 8.31. The van der Waals surface area contributed by atoms with Gasteiger partial charge in [0.05, 0.1) is 24.6 Å². The molecule has 2 aromatic heterocycles. The van der Waals surface area contributed by atoms with Crippen molar-refractivity contribution >= 4 is 28.6 Å². The summed E-state index contributed by atoms with van der Waals surface area (Å²) in [6.07, 6.45) is 6.43. The maximum absolute atomic E-state index is 12.0. The largest absolute Gasteiger partial charge is 0.497 e. The SMILES string of the molecule is COc1ccc2nccc([C@@H](O)CC[C@@H]3CCN(CCSc4ncccn4)C[C@@H]3C(=O)O)c2c1. The molecule has 1 aliphatic rings. The fourth-order valence-electron chi connectivity index (χ4n) is 4.61. The highest BCUT2D eigenvalue weighted by molar-refractivity contribution is 7.99. The number of aromatic nitrogens is 3. The molecule has 3 aromatic rings. The van der Waals surface area contributed by atoms with Gasteiger partial charge in [-0.2, -0.15) is 0 Å². The molecule has 4 rings (SSSR count). The van der Waals surface area contributed by atoms with E-state index in [0.29, 0.717) is 25.1 Å². The highest BCUT2D eigenvalue weighted by Crippen LogP contribution is 2.33. The van der Waals surface area contributed by atoms with E-state index in [2.05, 4.69) is 19.9 Å². The molecule has 0 amide bonds. The molecule has 0 aliphatic carbocycles. The van der Waals surface area contributed by atoms with Crippen LogP contribution in [0.15, 0.2) is 54.1 Å². The second kappa shape index (κ2) is 11.6. The molecule has 1 saturated heterocycles. The average Bonchev–Trinajstić information content (AvgIpc) is 2.87. The van der Waals surface area contributed by atoms with Crippen LogP contribution in [0.1, 0.15) is 30.9 Å². The van der Waals surface area contributed by atoms with Crippen LogP contribution in [0.2, 0.25) is 0 Å². The smallest absolute Gasteiger partial charge is 0.308 e. The zero-order chi connectivity index (χ0) is 23.9. The van der Waals surface area contributed by atoms with Crippen LogP contribution in [0.4, 0.5) is 0 Å². The van der Waals surface area contributed by atoms with Crippen molar-refractivity contribution in [1.29, 1.82) is 0 Å². The molecule has 0 bridgehead atoms. The third-order valence-electron chi connectivity index (χ3n) is 6.49. The van der Waals surface area contributed by atoms with Gasteiger partial charge in [0.15, 0.2) is 5.16 Å². The number of thioether (sulfide) groups is 1. The second-order valence-electron chi connectivity index (χ2n) is 8.55. The molecule has 1 aromatic carbocycles. The van der Waals surface area contributed by atoms with Gasteiger partial charge >= 0.3 is 5.97 Å². The van der Waals surface area contributed by atoms with Crippen molar-refractivity contribution in [2.45, 2.75) is 30.5 Å². The van der Waals surface area contributed by atoms with E-state index in [9.17, 15) is 15.0 Å². The normalized spacial score (nSPS) is 19.7. The number of ether oxygens (including phenoxy) is 1. The zero-order valence-corrected chi connectivity index (χ0v) is 20.0. The zero-order valence-electron chi connectivity index (χ0n) is 19.2. The first-order valence-corrected chi connectivity index (χ1v) is 12.5. The summed E-state index contributed by atoms with van der Waals surface area (Å²) in [5, 5.41) is 22.4. The van der Waals surface area contributed by atoms with Gasteiger partial charge in [0.2, 0.25) is 0 Å². The summed E-state index contributed by atoms with van der Waals surface area (Å²) < 4.78 is 5.33. The summed E-state index contributed by atoms with van der Waals surface area (Å²) in [4.78, 5) is 27.1. The number of methoxy groups -OCH3 is 1. The van der Waals surface area contributed by atoms with Gasteiger partial charge in [-0.1, -0.05) is 11.8 Å². The number of benzene rings is 1. The molecule has 0 radical (unpaired) electrons. The van der Waals surface area contributed by atoms with Crippen LogP contribution in [-0.4, -0.2) is 68.5 Å². The lowest BCUT2D eigenvalue weighted by molar-refractivity contribution is -0.146. The van der Waals surface area contributed by atoms with Crippen LogP contribution >= 0.6 is 11.8 Å². The van der Waals surface area contributed by atoms with Gasteiger partial charge in [-0.05, 0) is 67.6 Å². The van der Waals surface area contributed by atoms with E-state index in [1.165, 1.54) is 0 Å². The quantitative estimate of drug-likeness (QED) is 0.330. The standard InChI is InChI=1S/C25H30N4O4S/c1-33-18-4-5-22-20(15-18)19(7-11-26-22)23(30)6-3-17-8-12-29(16-21(17)24(31)32)13-14-34-25-27-9-2-10-28-25/h2,4-5,7,9-11,15,17,21,23,30H,3,6,8,12-14,16H2,1H3,(H,31,32)/t17-,21+,23+/m1/s1. The molecule has 8 nitrogen and oxygen atoms in total. The number of carbonyl (C=O) groups is 1. The van der Waals surface area contributed by atoms with E-state index >= 15 is 0 Å². The number of hydrogen-bond acceptors (Lipinski definition) is 8. The van der Waals surface area contributed by atoms with Gasteiger partial charge in [0, 0.05) is 42.8 Å². The van der Waals surface area contributed by atoms with Crippen molar-refractivity contribution in [3.05, 3.63) is 54.5 Å². The fourth-order valence-corrected chi connectivity index (χ4v) is 5.42. The van der Waals surface area contributed by atoms with Crippen molar-refractivity contribution in [3.63, 3.8) is 0 Å². The first-order valence-electron chi connectivity index (χ1n) is 11.5. The lowest BCUT2D eigenvalue weighted by Crippen LogP contribution is -2.44. The Hall–Kier alpha value is -2.75. The predicted molar refractivity (Wildman–Crippen MR) is 131 cm³/mol. The number of aliphatic carboxylic acids is 1. The number of pyridine rings is 1. The molecule has 180 valence electrons. The third-order valence-corrected chi connectivity index (χ3v) is 7.35. The van der Waals surface area contributed by atoms with Crippen molar-refractivity contribution in [2.24, 2.45) is 11.8 Å². The number of fused-ring (bicyclic) bond motifs is 1. The number of carboxylic acids is 1. The molecule has 3 heterocycles. The molecule has 2 N–H and O–H groups in total. The number of aliphatic hydroxyl groups is 1. The Labute approximate surface area is 203 Å². The molecule has 9 heteroatoms. The van der Waals surface area contributed by atoms with Gasteiger partial charge in [-0.25, -0.2) is 9.97 Å². The number of nitrogens with zero attached hydrogens (tertiary/aromatic N) is 4. The Bertz CT molecular complexity index is 1100. The first kappa shape index (κ1) is 24.4. The topological polar surface area (TPSA) is 109 Å². The van der Waals surface area contributed by atoms with Gasteiger partial charge in [0.1, 0.15) is 5.75 Å². The number of carboxylic acid groups (broad SMARTS) is 1. The average molecular weight is 483 g/mol. The van der Waals surface area contributed by atoms with Crippen molar-refractivity contribution in [2.75, 3.05) is 32.5 Å². The third kappa shape index (κ3) is 6.02. The van der Waals surface area contributed by atoms with Crippen molar-refractivity contribution in [1.82, 2.24) is 19.9 Å². The minimum atomic E-state index is -0.762. The fraction of sp³-hybridized carbons (Fsp3) is 0.440. The summed E-state index contributed by atoms with van der Waals surface area (Å²) in [5.41, 5.74) is 1.60.